The van der Waals surface area contributed by atoms with Crippen molar-refractivity contribution < 1.29 is 17.6 Å². The number of fused-ring (bicyclic) bond motifs is 3. The summed E-state index contributed by atoms with van der Waals surface area (Å²) in [5, 5.41) is 5.96. The Morgan fingerprint density at radius 2 is 1.96 bits per heavy atom. The molecule has 1 aromatic carbocycles. The lowest BCUT2D eigenvalue weighted by Crippen LogP contribution is -2.58. The van der Waals surface area contributed by atoms with Crippen LogP contribution in [0.1, 0.15) is 24.8 Å². The Morgan fingerprint density at radius 3 is 2.63 bits per heavy atom. The number of alkyl halides is 3. The minimum Gasteiger partial charge on any atom is -0.423 e. The second-order valence-electron chi connectivity index (χ2n) is 7.07. The van der Waals surface area contributed by atoms with E-state index in [1.165, 1.54) is 23.8 Å². The van der Waals surface area contributed by atoms with Gasteiger partial charge in [-0.3, -0.25) is 0 Å². The van der Waals surface area contributed by atoms with Gasteiger partial charge in [0.15, 0.2) is 5.58 Å². The fraction of sp³-hybridized carbons (Fsp3) is 0.444. The van der Waals surface area contributed by atoms with Crippen molar-refractivity contribution in [3.63, 3.8) is 0 Å². The van der Waals surface area contributed by atoms with E-state index in [-0.39, 0.29) is 17.1 Å². The zero-order valence-corrected chi connectivity index (χ0v) is 15.1. The molecular weight excluding hydrogens is 377 g/mol. The van der Waals surface area contributed by atoms with Gasteiger partial charge in [-0.1, -0.05) is 6.42 Å². The molecule has 2 saturated heterocycles. The van der Waals surface area contributed by atoms with Crippen LogP contribution in [0.2, 0.25) is 0 Å². The van der Waals surface area contributed by atoms with E-state index in [1.807, 2.05) is 4.90 Å². The largest absolute Gasteiger partial charge is 0.423 e. The molecule has 2 unspecified atom stereocenters. The minimum atomic E-state index is -4.49. The lowest BCUT2D eigenvalue weighted by molar-refractivity contribution is -0.136. The van der Waals surface area contributed by atoms with Crippen LogP contribution in [-0.4, -0.2) is 35.1 Å². The summed E-state index contributed by atoms with van der Waals surface area (Å²) in [5.74, 6) is 0. The summed E-state index contributed by atoms with van der Waals surface area (Å²) >= 11 is 1.36. The fourth-order valence-corrected chi connectivity index (χ4v) is 4.71. The molecule has 2 bridgehead atoms. The van der Waals surface area contributed by atoms with Gasteiger partial charge in [-0.2, -0.15) is 18.2 Å². The molecule has 0 spiro atoms. The van der Waals surface area contributed by atoms with E-state index in [2.05, 4.69) is 15.3 Å². The number of hydrogen-bond acceptors (Lipinski definition) is 6. The first-order chi connectivity index (χ1) is 13.0. The number of nitrogens with zero attached hydrogens (tertiary/aromatic N) is 3. The van der Waals surface area contributed by atoms with Crippen molar-refractivity contribution in [3.05, 3.63) is 29.3 Å². The second-order valence-corrected chi connectivity index (χ2v) is 7.96. The van der Waals surface area contributed by atoms with Gasteiger partial charge >= 0.3 is 6.18 Å². The van der Waals surface area contributed by atoms with Crippen molar-refractivity contribution in [1.82, 2.24) is 15.3 Å². The normalized spacial score (nSPS) is 23.1. The van der Waals surface area contributed by atoms with Gasteiger partial charge < -0.3 is 14.6 Å². The maximum Gasteiger partial charge on any atom is 0.418 e. The van der Waals surface area contributed by atoms with Crippen LogP contribution < -0.4 is 10.2 Å². The molecule has 2 aliphatic heterocycles. The van der Waals surface area contributed by atoms with Crippen molar-refractivity contribution in [2.24, 2.45) is 0 Å². The van der Waals surface area contributed by atoms with Gasteiger partial charge in [0, 0.05) is 36.8 Å². The monoisotopic (exact) mass is 394 g/mol. The molecule has 5 nitrogen and oxygen atoms in total. The number of hydrogen-bond donors (Lipinski definition) is 1. The second kappa shape index (κ2) is 6.20. The maximum atomic E-state index is 13.5. The summed E-state index contributed by atoms with van der Waals surface area (Å²) in [6, 6.07) is 3.41. The standard InChI is InChI=1S/C18H17F3N4OS/c19-18(20,21)13-5-4-12(16-22-6-7-27-16)15-14(13)24-17(26-15)25-8-10-2-1-3-11(9-25)23-10/h4-7,10-11,23H,1-3,8-9H2. The highest BCUT2D eigenvalue weighted by molar-refractivity contribution is 7.13. The summed E-state index contributed by atoms with van der Waals surface area (Å²) in [4.78, 5) is 10.5. The van der Waals surface area contributed by atoms with Crippen molar-refractivity contribution >= 4 is 28.5 Å². The first kappa shape index (κ1) is 17.0. The Morgan fingerprint density at radius 1 is 1.19 bits per heavy atom. The summed E-state index contributed by atoms with van der Waals surface area (Å²) in [6.07, 6.45) is 0.430. The number of piperazine rings is 1. The molecule has 0 amide bonds. The summed E-state index contributed by atoms with van der Waals surface area (Å²) < 4.78 is 46.5. The number of anilines is 1. The first-order valence-electron chi connectivity index (χ1n) is 8.90. The Kier molecular flexibility index (Phi) is 3.90. The van der Waals surface area contributed by atoms with Crippen molar-refractivity contribution in [3.8, 4) is 10.6 Å². The van der Waals surface area contributed by atoms with E-state index in [0.29, 0.717) is 35.7 Å². The van der Waals surface area contributed by atoms with Gasteiger partial charge in [0.1, 0.15) is 10.5 Å². The maximum absolute atomic E-state index is 13.5. The minimum absolute atomic E-state index is 0.145. The number of benzene rings is 1. The third kappa shape index (κ3) is 2.98. The molecule has 5 rings (SSSR count). The lowest BCUT2D eigenvalue weighted by atomic mass is 9.94. The van der Waals surface area contributed by atoms with E-state index in [0.717, 1.165) is 18.9 Å². The van der Waals surface area contributed by atoms with Crippen LogP contribution in [0.25, 0.3) is 21.7 Å². The number of aromatic nitrogens is 2. The van der Waals surface area contributed by atoms with Gasteiger partial charge in [-0.25, -0.2) is 4.98 Å². The van der Waals surface area contributed by atoms with Gasteiger partial charge in [-0.15, -0.1) is 11.3 Å². The first-order valence-corrected chi connectivity index (χ1v) is 9.78. The van der Waals surface area contributed by atoms with Crippen LogP contribution in [0.4, 0.5) is 19.2 Å². The fourth-order valence-electron chi connectivity index (χ4n) is 4.05. The Hall–Kier alpha value is -2.13. The molecule has 3 aromatic rings. The molecule has 142 valence electrons. The van der Waals surface area contributed by atoms with Crippen molar-refractivity contribution in [2.45, 2.75) is 37.5 Å². The molecule has 4 heterocycles. The lowest BCUT2D eigenvalue weighted by Gasteiger charge is -2.41. The topological polar surface area (TPSA) is 54.2 Å². The zero-order chi connectivity index (χ0) is 18.6. The molecule has 2 atom stereocenters. The average molecular weight is 394 g/mol. The highest BCUT2D eigenvalue weighted by atomic mass is 32.1. The number of oxazole rings is 1. The van der Waals surface area contributed by atoms with Gasteiger partial charge in [0.25, 0.3) is 6.01 Å². The number of piperidine rings is 1. The number of thiazole rings is 1. The Labute approximate surface area is 157 Å². The summed E-state index contributed by atoms with van der Waals surface area (Å²) in [6.45, 7) is 1.38. The highest BCUT2D eigenvalue weighted by Gasteiger charge is 2.37. The Bertz CT molecular complexity index is 957. The average Bonchev–Trinajstić information content (AvgIpc) is 3.29. The third-order valence-electron chi connectivity index (χ3n) is 5.23. The molecule has 2 aromatic heterocycles. The molecule has 27 heavy (non-hydrogen) atoms. The molecule has 0 aliphatic carbocycles. The van der Waals surface area contributed by atoms with Gasteiger partial charge in [0.2, 0.25) is 0 Å². The van der Waals surface area contributed by atoms with E-state index in [1.54, 1.807) is 11.6 Å². The quantitative estimate of drug-likeness (QED) is 0.702. The van der Waals surface area contributed by atoms with Gasteiger partial charge in [0.05, 0.1) is 11.1 Å². The predicted molar refractivity (Wildman–Crippen MR) is 96.9 cm³/mol. The van der Waals surface area contributed by atoms with Crippen LogP contribution in [0.15, 0.2) is 28.1 Å². The van der Waals surface area contributed by atoms with Crippen molar-refractivity contribution in [2.75, 3.05) is 18.0 Å². The zero-order valence-electron chi connectivity index (χ0n) is 14.3. The highest BCUT2D eigenvalue weighted by Crippen LogP contribution is 2.41. The molecule has 9 heteroatoms. The van der Waals surface area contributed by atoms with Crippen LogP contribution in [0.5, 0.6) is 0 Å². The van der Waals surface area contributed by atoms with Crippen LogP contribution in [-0.2, 0) is 6.18 Å². The number of halogens is 3. The van der Waals surface area contributed by atoms with Crippen molar-refractivity contribution in [1.29, 1.82) is 0 Å². The predicted octanol–water partition coefficient (Wildman–Crippen LogP) is 4.30. The van der Waals surface area contributed by atoms with E-state index >= 15 is 0 Å². The Balaban J connectivity index is 1.63. The molecule has 0 radical (unpaired) electrons. The van der Waals surface area contributed by atoms with E-state index < -0.39 is 11.7 Å². The smallest absolute Gasteiger partial charge is 0.418 e. The van der Waals surface area contributed by atoms with Crippen LogP contribution in [0, 0.1) is 0 Å². The number of rotatable bonds is 2. The molecule has 2 fully saturated rings. The van der Waals surface area contributed by atoms with E-state index in [9.17, 15) is 13.2 Å². The summed E-state index contributed by atoms with van der Waals surface area (Å²) in [7, 11) is 0. The SMILES string of the molecule is FC(F)(F)c1ccc(-c2nccs2)c2oc(N3CC4CCCC(C3)N4)nc12. The van der Waals surface area contributed by atoms with Crippen LogP contribution >= 0.6 is 11.3 Å². The molecular formula is C18H17F3N4OS. The summed E-state index contributed by atoms with van der Waals surface area (Å²) in [5.41, 5.74) is -0.224. The molecule has 1 N–H and O–H groups in total. The molecule has 0 saturated carbocycles. The van der Waals surface area contributed by atoms with E-state index in [4.69, 9.17) is 4.42 Å². The molecule has 2 aliphatic rings. The van der Waals surface area contributed by atoms with Crippen LogP contribution in [0.3, 0.4) is 0 Å². The van der Waals surface area contributed by atoms with Gasteiger partial charge in [-0.05, 0) is 25.0 Å². The third-order valence-corrected chi connectivity index (χ3v) is 6.04. The number of nitrogens with one attached hydrogen (secondary N) is 1.